The van der Waals surface area contributed by atoms with E-state index in [2.05, 4.69) is 15.3 Å². The summed E-state index contributed by atoms with van der Waals surface area (Å²) in [5.41, 5.74) is 3.89. The third-order valence-corrected chi connectivity index (χ3v) is 6.25. The summed E-state index contributed by atoms with van der Waals surface area (Å²) in [6.45, 7) is 2.90. The molecule has 0 spiro atoms. The van der Waals surface area contributed by atoms with Crippen LogP contribution in [0, 0.1) is 12.8 Å². The molecule has 1 aromatic carbocycles. The Morgan fingerprint density at radius 1 is 1.03 bits per heavy atom. The van der Waals surface area contributed by atoms with Crippen molar-refractivity contribution in [3.8, 4) is 11.3 Å². The average Bonchev–Trinajstić information content (AvgIpc) is 2.89. The number of amides is 2. The molecule has 7 heteroatoms. The standard InChI is InChI=1S/C27H25N5O2/c1-18-6-4-12-29-25(18)31-26(33)20-7-5-15-32(17-20)27(34)22-16-24(19-10-13-28-14-11-19)30-23-9-3-2-8-21(22)23/h2-4,6,8-14,16,20H,5,7,15,17H2,1H3,(H,29,31,33). The van der Waals surface area contributed by atoms with Crippen molar-refractivity contribution in [2.24, 2.45) is 5.92 Å². The number of hydrogen-bond acceptors (Lipinski definition) is 5. The minimum atomic E-state index is -0.285. The molecule has 0 radical (unpaired) electrons. The van der Waals surface area contributed by atoms with Crippen molar-refractivity contribution in [3.05, 3.63) is 84.3 Å². The highest BCUT2D eigenvalue weighted by Gasteiger charge is 2.30. The van der Waals surface area contributed by atoms with Gasteiger partial charge in [-0.2, -0.15) is 0 Å². The molecule has 4 aromatic rings. The van der Waals surface area contributed by atoms with Gasteiger partial charge < -0.3 is 10.2 Å². The zero-order valence-corrected chi connectivity index (χ0v) is 18.9. The molecule has 1 N–H and O–H groups in total. The van der Waals surface area contributed by atoms with E-state index in [0.717, 1.165) is 40.6 Å². The third-order valence-electron chi connectivity index (χ3n) is 6.25. The number of para-hydroxylation sites is 1. The molecule has 0 bridgehead atoms. The Morgan fingerprint density at radius 3 is 2.68 bits per heavy atom. The molecule has 1 unspecified atom stereocenters. The largest absolute Gasteiger partial charge is 0.338 e. The maximum Gasteiger partial charge on any atom is 0.254 e. The Hall–Kier alpha value is -4.13. The number of nitrogens with one attached hydrogen (secondary N) is 1. The Kier molecular flexibility index (Phi) is 5.99. The van der Waals surface area contributed by atoms with Gasteiger partial charge in [0.1, 0.15) is 5.82 Å². The van der Waals surface area contributed by atoms with Crippen molar-refractivity contribution >= 4 is 28.5 Å². The van der Waals surface area contributed by atoms with Crippen molar-refractivity contribution < 1.29 is 9.59 Å². The first-order valence-corrected chi connectivity index (χ1v) is 11.4. The van der Waals surface area contributed by atoms with Crippen LogP contribution in [-0.4, -0.2) is 44.8 Å². The van der Waals surface area contributed by atoms with Crippen molar-refractivity contribution in [1.82, 2.24) is 19.9 Å². The Morgan fingerprint density at radius 2 is 1.85 bits per heavy atom. The number of piperidine rings is 1. The number of anilines is 1. The molecule has 1 aliphatic heterocycles. The normalized spacial score (nSPS) is 15.8. The van der Waals surface area contributed by atoms with Gasteiger partial charge in [0, 0.05) is 42.6 Å². The minimum absolute atomic E-state index is 0.0829. The van der Waals surface area contributed by atoms with Crippen LogP contribution < -0.4 is 5.32 Å². The summed E-state index contributed by atoms with van der Waals surface area (Å²) in [7, 11) is 0. The molecule has 4 heterocycles. The summed E-state index contributed by atoms with van der Waals surface area (Å²) in [5.74, 6) is 0.0988. The molecule has 34 heavy (non-hydrogen) atoms. The van der Waals surface area contributed by atoms with Gasteiger partial charge in [0.2, 0.25) is 5.91 Å². The van der Waals surface area contributed by atoms with Crippen LogP contribution in [0.2, 0.25) is 0 Å². The summed E-state index contributed by atoms with van der Waals surface area (Å²) in [5, 5.41) is 3.74. The van der Waals surface area contributed by atoms with Crippen LogP contribution in [0.1, 0.15) is 28.8 Å². The molecule has 1 fully saturated rings. The molecular formula is C27H25N5O2. The van der Waals surface area contributed by atoms with Crippen LogP contribution in [0.15, 0.2) is 73.2 Å². The number of aryl methyl sites for hydroxylation is 1. The summed E-state index contributed by atoms with van der Waals surface area (Å²) in [4.78, 5) is 41.6. The van der Waals surface area contributed by atoms with E-state index in [4.69, 9.17) is 4.98 Å². The fourth-order valence-electron chi connectivity index (χ4n) is 4.40. The summed E-state index contributed by atoms with van der Waals surface area (Å²) in [6, 6.07) is 17.0. The van der Waals surface area contributed by atoms with Crippen LogP contribution in [0.25, 0.3) is 22.2 Å². The van der Waals surface area contributed by atoms with E-state index in [1.807, 2.05) is 61.5 Å². The van der Waals surface area contributed by atoms with Gasteiger partial charge in [-0.15, -0.1) is 0 Å². The van der Waals surface area contributed by atoms with E-state index in [9.17, 15) is 9.59 Å². The lowest BCUT2D eigenvalue weighted by Crippen LogP contribution is -2.44. The number of carbonyl (C=O) groups is 2. The minimum Gasteiger partial charge on any atom is -0.338 e. The average molecular weight is 452 g/mol. The molecule has 5 rings (SSSR count). The number of carbonyl (C=O) groups excluding carboxylic acids is 2. The molecule has 170 valence electrons. The number of pyridine rings is 3. The molecule has 1 atom stereocenters. The maximum absolute atomic E-state index is 13.7. The van der Waals surface area contributed by atoms with Crippen molar-refractivity contribution in [3.63, 3.8) is 0 Å². The van der Waals surface area contributed by atoms with E-state index >= 15 is 0 Å². The van der Waals surface area contributed by atoms with Crippen molar-refractivity contribution in [2.45, 2.75) is 19.8 Å². The van der Waals surface area contributed by atoms with Gasteiger partial charge in [-0.05, 0) is 55.7 Å². The highest BCUT2D eigenvalue weighted by Crippen LogP contribution is 2.27. The number of likely N-dealkylation sites (tertiary alicyclic amines) is 1. The summed E-state index contributed by atoms with van der Waals surface area (Å²) >= 11 is 0. The second-order valence-electron chi connectivity index (χ2n) is 8.56. The Bertz CT molecular complexity index is 1360. The van der Waals surface area contributed by atoms with E-state index in [0.29, 0.717) is 24.5 Å². The van der Waals surface area contributed by atoms with Crippen LogP contribution in [0.4, 0.5) is 5.82 Å². The summed E-state index contributed by atoms with van der Waals surface area (Å²) in [6.07, 6.45) is 6.59. The molecule has 0 saturated carbocycles. The van der Waals surface area contributed by atoms with Crippen molar-refractivity contribution in [1.29, 1.82) is 0 Å². The van der Waals surface area contributed by atoms with Gasteiger partial charge in [0.25, 0.3) is 5.91 Å². The Balaban J connectivity index is 1.42. The lowest BCUT2D eigenvalue weighted by Gasteiger charge is -2.32. The monoisotopic (exact) mass is 451 g/mol. The highest BCUT2D eigenvalue weighted by atomic mass is 16.2. The fraction of sp³-hybridized carbons (Fsp3) is 0.222. The van der Waals surface area contributed by atoms with Crippen LogP contribution >= 0.6 is 0 Å². The van der Waals surface area contributed by atoms with Crippen LogP contribution in [0.3, 0.4) is 0 Å². The van der Waals surface area contributed by atoms with Gasteiger partial charge in [0.15, 0.2) is 0 Å². The summed E-state index contributed by atoms with van der Waals surface area (Å²) < 4.78 is 0. The predicted octanol–water partition coefficient (Wildman–Crippen LogP) is 4.49. The van der Waals surface area contributed by atoms with Gasteiger partial charge in [-0.3, -0.25) is 14.6 Å². The number of rotatable bonds is 4. The molecule has 1 saturated heterocycles. The second-order valence-corrected chi connectivity index (χ2v) is 8.56. The van der Waals surface area contributed by atoms with Gasteiger partial charge >= 0.3 is 0 Å². The molecule has 2 amide bonds. The third kappa shape index (κ3) is 4.37. The van der Waals surface area contributed by atoms with Gasteiger partial charge in [-0.25, -0.2) is 9.97 Å². The van der Waals surface area contributed by atoms with Crippen molar-refractivity contribution in [2.75, 3.05) is 18.4 Å². The predicted molar refractivity (Wildman–Crippen MR) is 131 cm³/mol. The van der Waals surface area contributed by atoms with Gasteiger partial charge in [0.05, 0.1) is 22.7 Å². The topological polar surface area (TPSA) is 88.1 Å². The smallest absolute Gasteiger partial charge is 0.254 e. The zero-order chi connectivity index (χ0) is 23.5. The van der Waals surface area contributed by atoms with Gasteiger partial charge in [-0.1, -0.05) is 24.3 Å². The molecule has 7 nitrogen and oxygen atoms in total. The molecule has 3 aromatic heterocycles. The lowest BCUT2D eigenvalue weighted by molar-refractivity contribution is -0.121. The van der Waals surface area contributed by atoms with Crippen LogP contribution in [-0.2, 0) is 4.79 Å². The van der Waals surface area contributed by atoms with E-state index < -0.39 is 0 Å². The number of nitrogens with zero attached hydrogens (tertiary/aromatic N) is 4. The number of hydrogen-bond donors (Lipinski definition) is 1. The zero-order valence-electron chi connectivity index (χ0n) is 18.9. The van der Waals surface area contributed by atoms with E-state index in [1.165, 1.54) is 0 Å². The molecule has 1 aliphatic rings. The van der Waals surface area contributed by atoms with Crippen LogP contribution in [0.5, 0.6) is 0 Å². The van der Waals surface area contributed by atoms with E-state index in [-0.39, 0.29) is 17.7 Å². The van der Waals surface area contributed by atoms with E-state index in [1.54, 1.807) is 23.5 Å². The Labute approximate surface area is 197 Å². The molecule has 0 aliphatic carbocycles. The first kappa shape index (κ1) is 21.7. The fourth-order valence-corrected chi connectivity index (χ4v) is 4.40. The maximum atomic E-state index is 13.7. The number of benzene rings is 1. The number of fused-ring (bicyclic) bond motifs is 1. The quantitative estimate of drug-likeness (QED) is 0.494. The highest BCUT2D eigenvalue weighted by molar-refractivity contribution is 6.07. The first-order valence-electron chi connectivity index (χ1n) is 11.4. The molecular weight excluding hydrogens is 426 g/mol. The lowest BCUT2D eigenvalue weighted by atomic mass is 9.95. The first-order chi connectivity index (χ1) is 16.6. The SMILES string of the molecule is Cc1cccnc1NC(=O)C1CCCN(C(=O)c2cc(-c3ccncc3)nc3ccccc23)C1. The second kappa shape index (κ2) is 9.39. The number of aromatic nitrogens is 3.